The summed E-state index contributed by atoms with van der Waals surface area (Å²) in [5.41, 5.74) is 1.35. The van der Waals surface area contributed by atoms with Crippen LogP contribution in [0.4, 0.5) is 5.69 Å². The van der Waals surface area contributed by atoms with E-state index in [1.807, 2.05) is 19.1 Å². The molecule has 3 rings (SSSR count). The van der Waals surface area contributed by atoms with Crippen LogP contribution in [-0.2, 0) is 0 Å². The normalized spacial score (nSPS) is 12.8. The second kappa shape index (κ2) is 5.75. The zero-order valence-electron chi connectivity index (χ0n) is 11.6. The summed E-state index contributed by atoms with van der Waals surface area (Å²) in [6, 6.07) is 10.6. The molecule has 0 fully saturated rings. The highest BCUT2D eigenvalue weighted by molar-refractivity contribution is 5.85. The van der Waals surface area contributed by atoms with Crippen molar-refractivity contribution < 1.29 is 19.3 Å². The van der Waals surface area contributed by atoms with E-state index in [1.165, 1.54) is 0 Å². The number of aliphatic imine (C=N–C) groups is 1. The van der Waals surface area contributed by atoms with Crippen molar-refractivity contribution in [2.75, 3.05) is 13.4 Å². The highest BCUT2D eigenvalue weighted by Gasteiger charge is 2.12. The fourth-order valence-electron chi connectivity index (χ4n) is 2.00. The standard InChI is InChI=1S/C16H15NO4/c1-2-19-13-5-3-11(14(18)8-13)9-17-12-4-6-15-16(7-12)21-10-20-15/h3-9,18H,2,10H2,1H3. The second-order valence-electron chi connectivity index (χ2n) is 4.45. The molecule has 21 heavy (non-hydrogen) atoms. The molecule has 0 atom stereocenters. The lowest BCUT2D eigenvalue weighted by Gasteiger charge is -2.05. The molecule has 5 nitrogen and oxygen atoms in total. The molecule has 0 bridgehead atoms. The van der Waals surface area contributed by atoms with Crippen LogP contribution in [0.5, 0.6) is 23.0 Å². The molecule has 0 saturated carbocycles. The monoisotopic (exact) mass is 285 g/mol. The van der Waals surface area contributed by atoms with Crippen molar-refractivity contribution in [2.24, 2.45) is 4.99 Å². The lowest BCUT2D eigenvalue weighted by atomic mass is 10.2. The van der Waals surface area contributed by atoms with E-state index in [0.29, 0.717) is 23.7 Å². The average Bonchev–Trinajstić information content (AvgIpc) is 2.94. The second-order valence-corrected chi connectivity index (χ2v) is 4.45. The van der Waals surface area contributed by atoms with Gasteiger partial charge in [0.25, 0.3) is 0 Å². The first kappa shape index (κ1) is 13.3. The van der Waals surface area contributed by atoms with E-state index < -0.39 is 0 Å². The van der Waals surface area contributed by atoms with Gasteiger partial charge in [-0.05, 0) is 31.2 Å². The Morgan fingerprint density at radius 2 is 2.05 bits per heavy atom. The van der Waals surface area contributed by atoms with Crippen molar-refractivity contribution in [3.63, 3.8) is 0 Å². The average molecular weight is 285 g/mol. The Kier molecular flexibility index (Phi) is 3.64. The van der Waals surface area contributed by atoms with E-state index in [1.54, 1.807) is 30.5 Å². The third-order valence-electron chi connectivity index (χ3n) is 3.02. The molecule has 0 aromatic heterocycles. The predicted molar refractivity (Wildman–Crippen MR) is 79.1 cm³/mol. The highest BCUT2D eigenvalue weighted by Crippen LogP contribution is 2.35. The molecule has 0 radical (unpaired) electrons. The van der Waals surface area contributed by atoms with Gasteiger partial charge < -0.3 is 19.3 Å². The molecule has 1 N–H and O–H groups in total. The molecule has 0 unspecified atom stereocenters. The van der Waals surface area contributed by atoms with Gasteiger partial charge in [0.2, 0.25) is 6.79 Å². The number of phenolic OH excluding ortho intramolecular Hbond substituents is 1. The number of fused-ring (bicyclic) bond motifs is 1. The molecule has 5 heteroatoms. The van der Waals surface area contributed by atoms with E-state index in [4.69, 9.17) is 14.2 Å². The van der Waals surface area contributed by atoms with E-state index >= 15 is 0 Å². The van der Waals surface area contributed by atoms with Crippen molar-refractivity contribution >= 4 is 11.9 Å². The summed E-state index contributed by atoms with van der Waals surface area (Å²) in [7, 11) is 0. The van der Waals surface area contributed by atoms with Crippen LogP contribution in [0, 0.1) is 0 Å². The summed E-state index contributed by atoms with van der Waals surface area (Å²) in [6.07, 6.45) is 1.60. The first-order chi connectivity index (χ1) is 10.3. The van der Waals surface area contributed by atoms with Gasteiger partial charge in [-0.1, -0.05) is 0 Å². The largest absolute Gasteiger partial charge is 0.507 e. The van der Waals surface area contributed by atoms with Crippen LogP contribution in [0.25, 0.3) is 0 Å². The van der Waals surface area contributed by atoms with Crippen molar-refractivity contribution in [3.05, 3.63) is 42.0 Å². The van der Waals surface area contributed by atoms with Crippen LogP contribution in [-0.4, -0.2) is 24.7 Å². The van der Waals surface area contributed by atoms with Gasteiger partial charge in [-0.2, -0.15) is 0 Å². The van der Waals surface area contributed by atoms with E-state index in [9.17, 15) is 5.11 Å². The Morgan fingerprint density at radius 1 is 1.19 bits per heavy atom. The third-order valence-corrected chi connectivity index (χ3v) is 3.02. The molecule has 0 spiro atoms. The lowest BCUT2D eigenvalue weighted by molar-refractivity contribution is 0.174. The summed E-state index contributed by atoms with van der Waals surface area (Å²) >= 11 is 0. The Bertz CT molecular complexity index is 682. The van der Waals surface area contributed by atoms with Crippen LogP contribution in [0.15, 0.2) is 41.4 Å². The molecular weight excluding hydrogens is 270 g/mol. The maximum absolute atomic E-state index is 9.93. The van der Waals surface area contributed by atoms with Gasteiger partial charge in [0, 0.05) is 23.9 Å². The van der Waals surface area contributed by atoms with E-state index in [-0.39, 0.29) is 12.5 Å². The SMILES string of the molecule is CCOc1ccc(C=Nc2ccc3c(c2)OCO3)c(O)c1. The first-order valence-corrected chi connectivity index (χ1v) is 6.66. The molecule has 0 amide bonds. The molecule has 1 aliphatic heterocycles. The number of ether oxygens (including phenoxy) is 3. The van der Waals surface area contributed by atoms with Gasteiger partial charge in [0.1, 0.15) is 11.5 Å². The van der Waals surface area contributed by atoms with Gasteiger partial charge in [-0.25, -0.2) is 0 Å². The number of nitrogens with zero attached hydrogens (tertiary/aromatic N) is 1. The van der Waals surface area contributed by atoms with E-state index in [0.717, 1.165) is 11.4 Å². The van der Waals surface area contributed by atoms with Gasteiger partial charge >= 0.3 is 0 Å². The van der Waals surface area contributed by atoms with Gasteiger partial charge in [0.05, 0.1) is 12.3 Å². The minimum Gasteiger partial charge on any atom is -0.507 e. The number of aromatic hydroxyl groups is 1. The molecule has 0 saturated heterocycles. The van der Waals surface area contributed by atoms with Crippen molar-refractivity contribution in [3.8, 4) is 23.0 Å². The zero-order valence-corrected chi connectivity index (χ0v) is 11.6. The molecule has 2 aromatic rings. The summed E-state index contributed by atoms with van der Waals surface area (Å²) in [5, 5.41) is 9.93. The fourth-order valence-corrected chi connectivity index (χ4v) is 2.00. The number of hydrogen-bond donors (Lipinski definition) is 1. The molecule has 108 valence electrons. The van der Waals surface area contributed by atoms with Gasteiger partial charge in [-0.15, -0.1) is 0 Å². The number of benzene rings is 2. The number of hydrogen-bond acceptors (Lipinski definition) is 5. The number of phenols is 1. The van der Waals surface area contributed by atoms with Gasteiger partial charge in [-0.3, -0.25) is 4.99 Å². The molecule has 2 aromatic carbocycles. The Morgan fingerprint density at radius 3 is 2.86 bits per heavy atom. The lowest BCUT2D eigenvalue weighted by Crippen LogP contribution is -1.92. The zero-order chi connectivity index (χ0) is 14.7. The highest BCUT2D eigenvalue weighted by atomic mass is 16.7. The van der Waals surface area contributed by atoms with Crippen molar-refractivity contribution in [1.29, 1.82) is 0 Å². The van der Waals surface area contributed by atoms with Crippen LogP contribution < -0.4 is 14.2 Å². The van der Waals surface area contributed by atoms with Crippen molar-refractivity contribution in [2.45, 2.75) is 6.92 Å². The maximum atomic E-state index is 9.93. The third kappa shape index (κ3) is 2.91. The van der Waals surface area contributed by atoms with Crippen LogP contribution in [0.1, 0.15) is 12.5 Å². The van der Waals surface area contributed by atoms with Crippen LogP contribution in [0.2, 0.25) is 0 Å². The van der Waals surface area contributed by atoms with Crippen LogP contribution in [0.3, 0.4) is 0 Å². The Labute approximate surface area is 122 Å². The predicted octanol–water partition coefficient (Wildman–Crippen LogP) is 3.27. The van der Waals surface area contributed by atoms with E-state index in [2.05, 4.69) is 4.99 Å². The summed E-state index contributed by atoms with van der Waals surface area (Å²) in [4.78, 5) is 4.33. The maximum Gasteiger partial charge on any atom is 0.231 e. The Balaban J connectivity index is 1.79. The minimum atomic E-state index is 0.130. The molecule has 0 aliphatic carbocycles. The van der Waals surface area contributed by atoms with Crippen LogP contribution >= 0.6 is 0 Å². The van der Waals surface area contributed by atoms with Gasteiger partial charge in [0.15, 0.2) is 11.5 Å². The van der Waals surface area contributed by atoms with Crippen molar-refractivity contribution in [1.82, 2.24) is 0 Å². The Hall–Kier alpha value is -2.69. The smallest absolute Gasteiger partial charge is 0.231 e. The first-order valence-electron chi connectivity index (χ1n) is 6.66. The summed E-state index contributed by atoms with van der Waals surface area (Å²) < 4.78 is 15.9. The summed E-state index contributed by atoms with van der Waals surface area (Å²) in [5.74, 6) is 2.17. The number of rotatable bonds is 4. The fraction of sp³-hybridized carbons (Fsp3) is 0.188. The topological polar surface area (TPSA) is 60.3 Å². The summed E-state index contributed by atoms with van der Waals surface area (Å²) in [6.45, 7) is 2.69. The molecular formula is C16H15NO4. The molecule has 1 heterocycles. The minimum absolute atomic E-state index is 0.130. The quantitative estimate of drug-likeness (QED) is 0.876. The molecule has 1 aliphatic rings.